The van der Waals surface area contributed by atoms with Crippen LogP contribution in [0.3, 0.4) is 0 Å². The average Bonchev–Trinajstić information content (AvgIpc) is 2.34. The van der Waals surface area contributed by atoms with E-state index in [-0.39, 0.29) is 57.1 Å². The van der Waals surface area contributed by atoms with Gasteiger partial charge in [-0.25, -0.2) is 8.42 Å². The Morgan fingerprint density at radius 2 is 0.950 bits per heavy atom. The maximum absolute atomic E-state index is 10.4. The largest absolute Gasteiger partial charge is 1.00 e. The van der Waals surface area contributed by atoms with Gasteiger partial charge in [-0.05, 0) is 6.42 Å². The zero-order valence-electron chi connectivity index (χ0n) is 13.5. The summed E-state index contributed by atoms with van der Waals surface area (Å²) in [4.78, 5) is 0. The van der Waals surface area contributed by atoms with E-state index < -0.39 is 10.1 Å². The van der Waals surface area contributed by atoms with E-state index in [2.05, 4.69) is 6.92 Å². The standard InChI is InChI=1S/C15H32O3S.K/c1-2-3-4-5-6-7-8-9-10-11-12-13-14-15-19(16,17)18;/h2-15H2,1H3,(H,16,17,18);/q;+1/p-1. The molecule has 0 amide bonds. The van der Waals surface area contributed by atoms with E-state index in [1.165, 1.54) is 64.2 Å². The summed E-state index contributed by atoms with van der Waals surface area (Å²) in [5.41, 5.74) is 0. The van der Waals surface area contributed by atoms with Crippen LogP contribution in [0.4, 0.5) is 0 Å². The molecular formula is C15H31KO3S. The van der Waals surface area contributed by atoms with Gasteiger partial charge < -0.3 is 4.55 Å². The fourth-order valence-corrected chi connectivity index (χ4v) is 2.85. The minimum Gasteiger partial charge on any atom is -0.748 e. The van der Waals surface area contributed by atoms with Gasteiger partial charge >= 0.3 is 51.4 Å². The van der Waals surface area contributed by atoms with Crippen LogP contribution in [-0.2, 0) is 10.1 Å². The first kappa shape index (κ1) is 23.8. The van der Waals surface area contributed by atoms with Gasteiger partial charge in [0.1, 0.15) is 0 Å². The summed E-state index contributed by atoms with van der Waals surface area (Å²) in [6, 6.07) is 0. The van der Waals surface area contributed by atoms with E-state index in [0.29, 0.717) is 6.42 Å². The van der Waals surface area contributed by atoms with Crippen molar-refractivity contribution in [2.75, 3.05) is 5.75 Å². The number of hydrogen-bond donors (Lipinski definition) is 0. The zero-order chi connectivity index (χ0) is 14.4. The SMILES string of the molecule is CCCCCCCCCCCCCCCS(=O)(=O)[O-].[K+]. The van der Waals surface area contributed by atoms with Crippen molar-refractivity contribution in [2.24, 2.45) is 0 Å². The summed E-state index contributed by atoms with van der Waals surface area (Å²) in [5.74, 6) is -0.190. The zero-order valence-corrected chi connectivity index (χ0v) is 17.5. The Morgan fingerprint density at radius 3 is 1.25 bits per heavy atom. The van der Waals surface area contributed by atoms with Gasteiger partial charge in [0.25, 0.3) is 0 Å². The summed E-state index contributed by atoms with van der Waals surface area (Å²) in [5, 5.41) is 0. The van der Waals surface area contributed by atoms with E-state index in [1.807, 2.05) is 0 Å². The van der Waals surface area contributed by atoms with E-state index in [4.69, 9.17) is 0 Å². The van der Waals surface area contributed by atoms with Crippen molar-refractivity contribution in [1.82, 2.24) is 0 Å². The molecule has 0 aromatic heterocycles. The molecule has 0 N–H and O–H groups in total. The molecule has 0 aliphatic rings. The van der Waals surface area contributed by atoms with Crippen LogP contribution in [0.2, 0.25) is 0 Å². The smallest absolute Gasteiger partial charge is 0.748 e. The Hall–Kier alpha value is 1.55. The van der Waals surface area contributed by atoms with Crippen molar-refractivity contribution in [3.8, 4) is 0 Å². The van der Waals surface area contributed by atoms with Gasteiger partial charge in [-0.3, -0.25) is 0 Å². The van der Waals surface area contributed by atoms with Crippen LogP contribution in [0, 0.1) is 0 Å². The molecule has 0 saturated carbocycles. The molecule has 0 unspecified atom stereocenters. The monoisotopic (exact) mass is 330 g/mol. The molecule has 0 aromatic rings. The van der Waals surface area contributed by atoms with Crippen molar-refractivity contribution in [3.63, 3.8) is 0 Å². The summed E-state index contributed by atoms with van der Waals surface area (Å²) in [6.07, 6.45) is 15.7. The molecule has 5 heteroatoms. The van der Waals surface area contributed by atoms with Gasteiger partial charge in [-0.15, -0.1) is 0 Å². The van der Waals surface area contributed by atoms with Gasteiger partial charge in [-0.2, -0.15) is 0 Å². The molecule has 0 rings (SSSR count). The maximum Gasteiger partial charge on any atom is 1.00 e. The van der Waals surface area contributed by atoms with E-state index in [9.17, 15) is 13.0 Å². The molecule has 20 heavy (non-hydrogen) atoms. The van der Waals surface area contributed by atoms with Crippen molar-refractivity contribution < 1.29 is 64.4 Å². The van der Waals surface area contributed by atoms with Crippen LogP contribution in [-0.4, -0.2) is 18.7 Å². The summed E-state index contributed by atoms with van der Waals surface area (Å²) in [6.45, 7) is 2.24. The normalized spacial score (nSPS) is 11.3. The molecule has 0 heterocycles. The Morgan fingerprint density at radius 1 is 0.650 bits per heavy atom. The number of hydrogen-bond acceptors (Lipinski definition) is 3. The Labute approximate surface area is 168 Å². The molecule has 3 nitrogen and oxygen atoms in total. The fraction of sp³-hybridized carbons (Fsp3) is 1.00. The molecule has 0 bridgehead atoms. The third-order valence-electron chi connectivity index (χ3n) is 3.50. The van der Waals surface area contributed by atoms with Crippen LogP contribution < -0.4 is 51.4 Å². The molecule has 0 aliphatic heterocycles. The fourth-order valence-electron chi connectivity index (χ4n) is 2.30. The average molecular weight is 331 g/mol. The van der Waals surface area contributed by atoms with Crippen LogP contribution >= 0.6 is 0 Å². The molecule has 0 aromatic carbocycles. The van der Waals surface area contributed by atoms with E-state index in [1.54, 1.807) is 0 Å². The summed E-state index contributed by atoms with van der Waals surface area (Å²) >= 11 is 0. The summed E-state index contributed by atoms with van der Waals surface area (Å²) in [7, 11) is -3.99. The molecule has 0 radical (unpaired) electrons. The van der Waals surface area contributed by atoms with Gasteiger partial charge in [0.05, 0.1) is 10.1 Å². The maximum atomic E-state index is 10.4. The molecule has 116 valence electrons. The van der Waals surface area contributed by atoms with Crippen LogP contribution in [0.25, 0.3) is 0 Å². The van der Waals surface area contributed by atoms with Crippen molar-refractivity contribution >= 4 is 10.1 Å². The Balaban J connectivity index is 0. The molecular weight excluding hydrogens is 299 g/mol. The van der Waals surface area contributed by atoms with Crippen LogP contribution in [0.1, 0.15) is 90.4 Å². The van der Waals surface area contributed by atoms with Gasteiger partial charge in [0.2, 0.25) is 0 Å². The third kappa shape index (κ3) is 21.8. The van der Waals surface area contributed by atoms with Crippen LogP contribution in [0.5, 0.6) is 0 Å². The molecule has 0 spiro atoms. The van der Waals surface area contributed by atoms with Crippen molar-refractivity contribution in [2.45, 2.75) is 90.4 Å². The van der Waals surface area contributed by atoms with Gasteiger partial charge in [0.15, 0.2) is 0 Å². The topological polar surface area (TPSA) is 57.2 Å². The number of unbranched alkanes of at least 4 members (excludes halogenated alkanes) is 12. The van der Waals surface area contributed by atoms with Crippen LogP contribution in [0.15, 0.2) is 0 Å². The van der Waals surface area contributed by atoms with E-state index >= 15 is 0 Å². The first-order chi connectivity index (χ1) is 9.06. The molecule has 0 atom stereocenters. The third-order valence-corrected chi connectivity index (χ3v) is 4.29. The number of rotatable bonds is 14. The molecule has 0 aliphatic carbocycles. The second kappa shape index (κ2) is 16.9. The van der Waals surface area contributed by atoms with Crippen molar-refractivity contribution in [1.29, 1.82) is 0 Å². The Kier molecular flexibility index (Phi) is 20.1. The van der Waals surface area contributed by atoms with Crippen molar-refractivity contribution in [3.05, 3.63) is 0 Å². The van der Waals surface area contributed by atoms with Gasteiger partial charge in [0, 0.05) is 5.75 Å². The summed E-state index contributed by atoms with van der Waals surface area (Å²) < 4.78 is 31.1. The molecule has 0 saturated heterocycles. The Bertz CT molecular complexity index is 279. The predicted molar refractivity (Wildman–Crippen MR) is 80.3 cm³/mol. The van der Waals surface area contributed by atoms with Gasteiger partial charge in [-0.1, -0.05) is 84.0 Å². The molecule has 0 fully saturated rings. The predicted octanol–water partition coefficient (Wildman–Crippen LogP) is 1.63. The second-order valence-corrected chi connectivity index (χ2v) is 7.03. The minimum atomic E-state index is -3.99. The van der Waals surface area contributed by atoms with E-state index in [0.717, 1.165) is 12.8 Å². The minimum absolute atomic E-state index is 0. The first-order valence-corrected chi connectivity index (χ1v) is 9.57. The quantitative estimate of drug-likeness (QED) is 0.276. The second-order valence-electron chi connectivity index (χ2n) is 5.50. The first-order valence-electron chi connectivity index (χ1n) is 8.00.